The van der Waals surface area contributed by atoms with Crippen LogP contribution in [0.3, 0.4) is 0 Å². The molecule has 1 fully saturated rings. The zero-order valence-electron chi connectivity index (χ0n) is 13.0. The van der Waals surface area contributed by atoms with Crippen molar-refractivity contribution in [1.82, 2.24) is 15.1 Å². The second-order valence-corrected chi connectivity index (χ2v) is 5.82. The quantitative estimate of drug-likeness (QED) is 0.778. The van der Waals surface area contributed by atoms with Gasteiger partial charge < -0.3 is 20.2 Å². The van der Waals surface area contributed by atoms with Crippen LogP contribution in [0, 0.1) is 11.8 Å². The van der Waals surface area contributed by atoms with Gasteiger partial charge >= 0.3 is 12.0 Å². The molecule has 0 saturated heterocycles. The van der Waals surface area contributed by atoms with Gasteiger partial charge in [0.2, 0.25) is 5.91 Å². The number of amides is 3. The summed E-state index contributed by atoms with van der Waals surface area (Å²) in [5.74, 6) is -1.36. The van der Waals surface area contributed by atoms with E-state index in [4.69, 9.17) is 0 Å². The highest BCUT2D eigenvalue weighted by Gasteiger charge is 2.31. The summed E-state index contributed by atoms with van der Waals surface area (Å²) in [7, 11) is 4.81. The molecule has 2 unspecified atom stereocenters. The summed E-state index contributed by atoms with van der Waals surface area (Å²) < 4.78 is 0. The molecule has 7 heteroatoms. The third kappa shape index (κ3) is 5.24. The van der Waals surface area contributed by atoms with Crippen molar-refractivity contribution < 1.29 is 19.5 Å². The number of aliphatic carboxylic acids is 1. The number of carboxylic acids is 1. The summed E-state index contributed by atoms with van der Waals surface area (Å²) in [6, 6.07) is -0.347. The molecule has 1 rings (SSSR count). The SMILES string of the molecule is CN(C)C(=O)CN(C)C(=O)NCC1CCCCC1C(=O)O. The van der Waals surface area contributed by atoms with Gasteiger partial charge in [-0.05, 0) is 18.8 Å². The van der Waals surface area contributed by atoms with Crippen molar-refractivity contribution in [2.45, 2.75) is 25.7 Å². The maximum absolute atomic E-state index is 11.9. The van der Waals surface area contributed by atoms with Gasteiger partial charge in [0.15, 0.2) is 0 Å². The molecule has 120 valence electrons. The Kier molecular flexibility index (Phi) is 6.45. The Morgan fingerprint density at radius 3 is 2.33 bits per heavy atom. The van der Waals surface area contributed by atoms with Crippen molar-refractivity contribution in [2.24, 2.45) is 11.8 Å². The summed E-state index contributed by atoms with van der Waals surface area (Å²) in [4.78, 5) is 37.4. The molecule has 7 nitrogen and oxygen atoms in total. The van der Waals surface area contributed by atoms with Crippen LogP contribution in [0.2, 0.25) is 0 Å². The number of urea groups is 1. The topological polar surface area (TPSA) is 90.0 Å². The van der Waals surface area contributed by atoms with Gasteiger partial charge in [-0.1, -0.05) is 12.8 Å². The number of hydrogen-bond donors (Lipinski definition) is 2. The van der Waals surface area contributed by atoms with Gasteiger partial charge in [-0.15, -0.1) is 0 Å². The van der Waals surface area contributed by atoms with Crippen molar-refractivity contribution in [2.75, 3.05) is 34.2 Å². The number of likely N-dealkylation sites (N-methyl/N-ethyl adjacent to an activating group) is 2. The highest BCUT2D eigenvalue weighted by Crippen LogP contribution is 2.29. The van der Waals surface area contributed by atoms with E-state index in [-0.39, 0.29) is 30.3 Å². The van der Waals surface area contributed by atoms with Gasteiger partial charge in [-0.2, -0.15) is 0 Å². The normalized spacial score (nSPS) is 21.5. The number of carboxylic acid groups (broad SMARTS) is 1. The first kappa shape index (κ1) is 17.3. The predicted octanol–water partition coefficient (Wildman–Crippen LogP) is 0.607. The van der Waals surface area contributed by atoms with Crippen molar-refractivity contribution in [1.29, 1.82) is 0 Å². The fraction of sp³-hybridized carbons (Fsp3) is 0.786. The second kappa shape index (κ2) is 7.85. The summed E-state index contributed by atoms with van der Waals surface area (Å²) >= 11 is 0. The van der Waals surface area contributed by atoms with Crippen molar-refractivity contribution in [3.8, 4) is 0 Å². The largest absolute Gasteiger partial charge is 0.481 e. The number of nitrogens with one attached hydrogen (secondary N) is 1. The fourth-order valence-corrected chi connectivity index (χ4v) is 2.55. The van der Waals surface area contributed by atoms with Crippen LogP contribution in [0.25, 0.3) is 0 Å². The van der Waals surface area contributed by atoms with E-state index in [1.165, 1.54) is 9.80 Å². The minimum Gasteiger partial charge on any atom is -0.481 e. The molecule has 2 atom stereocenters. The van der Waals surface area contributed by atoms with Crippen LogP contribution in [-0.2, 0) is 9.59 Å². The van der Waals surface area contributed by atoms with E-state index in [0.717, 1.165) is 19.3 Å². The minimum atomic E-state index is -0.787. The first-order valence-corrected chi connectivity index (χ1v) is 7.24. The maximum atomic E-state index is 11.9. The summed E-state index contributed by atoms with van der Waals surface area (Å²) in [6.45, 7) is 0.349. The lowest BCUT2D eigenvalue weighted by Gasteiger charge is -2.29. The van der Waals surface area contributed by atoms with Gasteiger partial charge in [0.25, 0.3) is 0 Å². The molecular weight excluding hydrogens is 274 g/mol. The lowest BCUT2D eigenvalue weighted by molar-refractivity contribution is -0.144. The van der Waals surface area contributed by atoms with Gasteiger partial charge in [-0.3, -0.25) is 9.59 Å². The molecule has 0 bridgehead atoms. The smallest absolute Gasteiger partial charge is 0.317 e. The van der Waals surface area contributed by atoms with E-state index < -0.39 is 5.97 Å². The van der Waals surface area contributed by atoms with Crippen LogP contribution in [0.4, 0.5) is 4.79 Å². The third-order valence-electron chi connectivity index (χ3n) is 3.96. The lowest BCUT2D eigenvalue weighted by atomic mass is 9.79. The second-order valence-electron chi connectivity index (χ2n) is 5.82. The average Bonchev–Trinajstić information content (AvgIpc) is 2.44. The van der Waals surface area contributed by atoms with Gasteiger partial charge in [-0.25, -0.2) is 4.79 Å². The van der Waals surface area contributed by atoms with Gasteiger partial charge in [0, 0.05) is 27.7 Å². The highest BCUT2D eigenvalue weighted by atomic mass is 16.4. The molecule has 0 aromatic heterocycles. The van der Waals surface area contributed by atoms with Crippen LogP contribution in [-0.4, -0.2) is 67.0 Å². The number of nitrogens with zero attached hydrogens (tertiary/aromatic N) is 2. The Labute approximate surface area is 125 Å². The Bertz CT molecular complexity index is 398. The summed E-state index contributed by atoms with van der Waals surface area (Å²) in [6.07, 6.45) is 3.42. The van der Waals surface area contributed by atoms with Crippen molar-refractivity contribution in [3.63, 3.8) is 0 Å². The molecule has 2 N–H and O–H groups in total. The molecule has 0 aromatic rings. The van der Waals surface area contributed by atoms with E-state index >= 15 is 0 Å². The minimum absolute atomic E-state index is 0.00581. The van der Waals surface area contributed by atoms with Crippen LogP contribution in [0.5, 0.6) is 0 Å². The Balaban J connectivity index is 2.44. The lowest BCUT2D eigenvalue weighted by Crippen LogP contribution is -2.45. The molecule has 3 amide bonds. The van der Waals surface area contributed by atoms with Gasteiger partial charge in [0.1, 0.15) is 6.54 Å². The van der Waals surface area contributed by atoms with E-state index in [2.05, 4.69) is 5.32 Å². The highest BCUT2D eigenvalue weighted by molar-refractivity contribution is 5.83. The molecule has 0 aromatic carbocycles. The number of hydrogen-bond acceptors (Lipinski definition) is 3. The fourth-order valence-electron chi connectivity index (χ4n) is 2.55. The van der Waals surface area contributed by atoms with Crippen LogP contribution in [0.1, 0.15) is 25.7 Å². The molecule has 21 heavy (non-hydrogen) atoms. The predicted molar refractivity (Wildman–Crippen MR) is 77.8 cm³/mol. The molecule has 0 aliphatic heterocycles. The van der Waals surface area contributed by atoms with Crippen molar-refractivity contribution >= 4 is 17.9 Å². The summed E-state index contributed by atoms with van der Waals surface area (Å²) in [5.41, 5.74) is 0. The van der Waals surface area contributed by atoms with Crippen LogP contribution in [0.15, 0.2) is 0 Å². The Morgan fingerprint density at radius 2 is 1.76 bits per heavy atom. The number of carbonyl (C=O) groups is 3. The molecule has 0 radical (unpaired) electrons. The van der Waals surface area contributed by atoms with E-state index in [0.29, 0.717) is 13.0 Å². The van der Waals surface area contributed by atoms with E-state index in [1.54, 1.807) is 21.1 Å². The number of rotatable bonds is 5. The van der Waals surface area contributed by atoms with Crippen LogP contribution >= 0.6 is 0 Å². The monoisotopic (exact) mass is 299 g/mol. The van der Waals surface area contributed by atoms with E-state index in [1.807, 2.05) is 0 Å². The molecular formula is C14H25N3O4. The average molecular weight is 299 g/mol. The number of carbonyl (C=O) groups excluding carboxylic acids is 2. The molecule has 0 spiro atoms. The molecule has 0 heterocycles. The zero-order chi connectivity index (χ0) is 16.0. The summed E-state index contributed by atoms with van der Waals surface area (Å²) in [5, 5.41) is 11.9. The van der Waals surface area contributed by atoms with Gasteiger partial charge in [0.05, 0.1) is 5.92 Å². The first-order chi connectivity index (χ1) is 9.82. The standard InChI is InChI=1S/C14H25N3O4/c1-16(2)12(18)9-17(3)14(21)15-8-10-6-4-5-7-11(10)13(19)20/h10-11H,4-9H2,1-3H3,(H,15,21)(H,19,20). The zero-order valence-corrected chi connectivity index (χ0v) is 13.0. The third-order valence-corrected chi connectivity index (χ3v) is 3.96. The molecule has 1 saturated carbocycles. The Hall–Kier alpha value is -1.79. The first-order valence-electron chi connectivity index (χ1n) is 7.24. The molecule has 1 aliphatic rings. The molecule has 1 aliphatic carbocycles. The van der Waals surface area contributed by atoms with Crippen LogP contribution < -0.4 is 5.32 Å². The maximum Gasteiger partial charge on any atom is 0.317 e. The van der Waals surface area contributed by atoms with E-state index in [9.17, 15) is 19.5 Å². The Morgan fingerprint density at radius 1 is 1.14 bits per heavy atom. The van der Waals surface area contributed by atoms with Crippen molar-refractivity contribution in [3.05, 3.63) is 0 Å².